The summed E-state index contributed by atoms with van der Waals surface area (Å²) in [6.07, 6.45) is 0. The summed E-state index contributed by atoms with van der Waals surface area (Å²) in [7, 11) is -5.66. The SMILES string of the molecule is O=S(=O)(Oc1ccc(-c2cccc(Cl)c2)cc1)C(F)(F)F. The zero-order valence-electron chi connectivity index (χ0n) is 10.3. The first-order valence-corrected chi connectivity index (χ1v) is 7.34. The van der Waals surface area contributed by atoms with Crippen molar-refractivity contribution in [3.8, 4) is 16.9 Å². The number of hydrogen-bond donors (Lipinski definition) is 0. The minimum Gasteiger partial charge on any atom is -0.376 e. The van der Waals surface area contributed by atoms with E-state index in [2.05, 4.69) is 4.18 Å². The van der Waals surface area contributed by atoms with Crippen LogP contribution in [0.4, 0.5) is 13.2 Å². The molecule has 0 spiro atoms. The Labute approximate surface area is 124 Å². The van der Waals surface area contributed by atoms with E-state index in [4.69, 9.17) is 11.6 Å². The highest BCUT2D eigenvalue weighted by Crippen LogP contribution is 2.29. The molecule has 8 heteroatoms. The van der Waals surface area contributed by atoms with Gasteiger partial charge in [-0.3, -0.25) is 0 Å². The third kappa shape index (κ3) is 3.68. The lowest BCUT2D eigenvalue weighted by Gasteiger charge is -2.10. The summed E-state index contributed by atoms with van der Waals surface area (Å²) < 4.78 is 62.3. The van der Waals surface area contributed by atoms with Gasteiger partial charge in [0.2, 0.25) is 0 Å². The van der Waals surface area contributed by atoms with Crippen LogP contribution in [0.3, 0.4) is 0 Å². The molecule has 0 aliphatic heterocycles. The lowest BCUT2D eigenvalue weighted by atomic mass is 10.1. The Kier molecular flexibility index (Phi) is 4.15. The molecular weight excluding hydrogens is 329 g/mol. The molecule has 0 radical (unpaired) electrons. The highest BCUT2D eigenvalue weighted by Gasteiger charge is 2.48. The number of alkyl halides is 3. The Morgan fingerprint density at radius 2 is 1.57 bits per heavy atom. The summed E-state index contributed by atoms with van der Waals surface area (Å²) in [5.41, 5.74) is -4.06. The van der Waals surface area contributed by atoms with Crippen LogP contribution in [0.5, 0.6) is 5.75 Å². The Hall–Kier alpha value is -1.73. The first-order chi connectivity index (χ1) is 9.69. The predicted octanol–water partition coefficient (Wildman–Crippen LogP) is 4.24. The van der Waals surface area contributed by atoms with Crippen LogP contribution in [-0.4, -0.2) is 13.9 Å². The van der Waals surface area contributed by atoms with Crippen LogP contribution in [0.15, 0.2) is 48.5 Å². The third-order valence-electron chi connectivity index (χ3n) is 2.50. The van der Waals surface area contributed by atoms with Gasteiger partial charge in [0, 0.05) is 5.02 Å². The molecule has 0 fully saturated rings. The minimum atomic E-state index is -5.66. The van der Waals surface area contributed by atoms with Gasteiger partial charge < -0.3 is 4.18 Å². The Morgan fingerprint density at radius 3 is 2.10 bits per heavy atom. The van der Waals surface area contributed by atoms with E-state index in [1.54, 1.807) is 24.3 Å². The Morgan fingerprint density at radius 1 is 0.952 bits per heavy atom. The standard InChI is InChI=1S/C13H8ClF3O3S/c14-11-3-1-2-10(8-11)9-4-6-12(7-5-9)20-21(18,19)13(15,16)17/h1-8H. The van der Waals surface area contributed by atoms with Crippen LogP contribution >= 0.6 is 11.6 Å². The van der Waals surface area contributed by atoms with Crippen LogP contribution in [0, 0.1) is 0 Å². The lowest BCUT2D eigenvalue weighted by Crippen LogP contribution is -2.28. The number of benzene rings is 2. The molecule has 112 valence electrons. The van der Waals surface area contributed by atoms with Crippen molar-refractivity contribution in [3.05, 3.63) is 53.6 Å². The quantitative estimate of drug-likeness (QED) is 0.622. The topological polar surface area (TPSA) is 43.4 Å². The molecule has 0 amide bonds. The molecule has 0 unspecified atom stereocenters. The summed E-state index contributed by atoms with van der Waals surface area (Å²) >= 11 is 5.83. The van der Waals surface area contributed by atoms with Crippen molar-refractivity contribution in [2.24, 2.45) is 0 Å². The van der Waals surface area contributed by atoms with Crippen molar-refractivity contribution in [1.82, 2.24) is 0 Å². The second-order valence-corrected chi connectivity index (χ2v) is 5.99. The second-order valence-electron chi connectivity index (χ2n) is 4.02. The van der Waals surface area contributed by atoms with E-state index >= 15 is 0 Å². The fourth-order valence-corrected chi connectivity index (χ4v) is 2.19. The summed E-state index contributed by atoms with van der Waals surface area (Å²) in [6, 6.07) is 12.0. The maximum absolute atomic E-state index is 12.2. The van der Waals surface area contributed by atoms with Crippen LogP contribution in [-0.2, 0) is 10.1 Å². The van der Waals surface area contributed by atoms with Crippen LogP contribution in [0.2, 0.25) is 5.02 Å². The normalized spacial score (nSPS) is 12.2. The van der Waals surface area contributed by atoms with Crippen LogP contribution in [0.1, 0.15) is 0 Å². The predicted molar refractivity (Wildman–Crippen MR) is 72.5 cm³/mol. The van der Waals surface area contributed by atoms with E-state index in [1.165, 1.54) is 12.1 Å². The highest BCUT2D eigenvalue weighted by molar-refractivity contribution is 7.88. The molecule has 2 aromatic carbocycles. The van der Waals surface area contributed by atoms with Crippen molar-refractivity contribution in [1.29, 1.82) is 0 Å². The average Bonchev–Trinajstić information content (AvgIpc) is 2.38. The zero-order chi connectivity index (χ0) is 15.7. The van der Waals surface area contributed by atoms with Crippen molar-refractivity contribution in [2.45, 2.75) is 5.51 Å². The van der Waals surface area contributed by atoms with Crippen molar-refractivity contribution >= 4 is 21.7 Å². The second kappa shape index (κ2) is 5.57. The molecule has 0 heterocycles. The zero-order valence-corrected chi connectivity index (χ0v) is 11.8. The van der Waals surface area contributed by atoms with Crippen molar-refractivity contribution in [2.75, 3.05) is 0 Å². The largest absolute Gasteiger partial charge is 0.534 e. The monoisotopic (exact) mass is 336 g/mol. The summed E-state index contributed by atoms with van der Waals surface area (Å²) in [5.74, 6) is -0.418. The molecule has 0 atom stereocenters. The molecule has 0 aromatic heterocycles. The van der Waals surface area contributed by atoms with Crippen molar-refractivity contribution in [3.63, 3.8) is 0 Å². The molecule has 0 N–H and O–H groups in total. The summed E-state index contributed by atoms with van der Waals surface area (Å²) in [4.78, 5) is 0. The van der Waals surface area contributed by atoms with Crippen molar-refractivity contribution < 1.29 is 25.8 Å². The van der Waals surface area contributed by atoms with E-state index < -0.39 is 21.4 Å². The van der Waals surface area contributed by atoms with Gasteiger partial charge in [-0.2, -0.15) is 21.6 Å². The van der Waals surface area contributed by atoms with Gasteiger partial charge in [-0.05, 0) is 35.4 Å². The van der Waals surface area contributed by atoms with E-state index in [0.717, 1.165) is 17.7 Å². The fourth-order valence-electron chi connectivity index (χ4n) is 1.54. The molecule has 0 saturated carbocycles. The molecule has 0 saturated heterocycles. The first-order valence-electron chi connectivity index (χ1n) is 5.56. The molecule has 0 bridgehead atoms. The molecule has 2 rings (SSSR count). The van der Waals surface area contributed by atoms with Gasteiger partial charge in [-0.1, -0.05) is 35.9 Å². The van der Waals surface area contributed by atoms with E-state index in [0.29, 0.717) is 10.6 Å². The molecule has 0 aliphatic rings. The Bertz CT molecular complexity index is 740. The number of rotatable bonds is 3. The van der Waals surface area contributed by atoms with Crippen LogP contribution < -0.4 is 4.18 Å². The van der Waals surface area contributed by atoms with Gasteiger partial charge in [0.05, 0.1) is 0 Å². The van der Waals surface area contributed by atoms with Gasteiger partial charge in [-0.25, -0.2) is 0 Å². The van der Waals surface area contributed by atoms with Gasteiger partial charge >= 0.3 is 15.6 Å². The van der Waals surface area contributed by atoms with Gasteiger partial charge in [-0.15, -0.1) is 0 Å². The molecule has 2 aromatic rings. The fraction of sp³-hybridized carbons (Fsp3) is 0.0769. The van der Waals surface area contributed by atoms with E-state index in [-0.39, 0.29) is 0 Å². The maximum atomic E-state index is 12.2. The summed E-state index contributed by atoms with van der Waals surface area (Å²) in [6.45, 7) is 0. The Balaban J connectivity index is 2.24. The molecule has 0 aliphatic carbocycles. The van der Waals surface area contributed by atoms with Gasteiger partial charge in [0.1, 0.15) is 5.75 Å². The van der Waals surface area contributed by atoms with Gasteiger partial charge in [0.15, 0.2) is 0 Å². The van der Waals surface area contributed by atoms with Crippen LogP contribution in [0.25, 0.3) is 11.1 Å². The number of hydrogen-bond acceptors (Lipinski definition) is 3. The van der Waals surface area contributed by atoms with E-state index in [9.17, 15) is 21.6 Å². The average molecular weight is 337 g/mol. The minimum absolute atomic E-state index is 0.418. The maximum Gasteiger partial charge on any atom is 0.534 e. The molecule has 3 nitrogen and oxygen atoms in total. The van der Waals surface area contributed by atoms with Gasteiger partial charge in [0.25, 0.3) is 0 Å². The highest BCUT2D eigenvalue weighted by atomic mass is 35.5. The summed E-state index contributed by atoms with van der Waals surface area (Å²) in [5, 5.41) is 0.507. The number of halogens is 4. The molecule has 21 heavy (non-hydrogen) atoms. The first kappa shape index (κ1) is 15.7. The smallest absolute Gasteiger partial charge is 0.376 e. The van der Waals surface area contributed by atoms with E-state index in [1.807, 2.05) is 0 Å². The molecular formula is C13H8ClF3O3S. The third-order valence-corrected chi connectivity index (χ3v) is 3.72. The lowest BCUT2D eigenvalue weighted by molar-refractivity contribution is -0.0500.